The number of hydrogen-bond donors (Lipinski definition) is 3. The first-order valence-electron chi connectivity index (χ1n) is 4.54. The number of nitrogen functional groups attached to an aromatic ring is 3. The molecule has 6 N–H and O–H groups in total. The van der Waals surface area contributed by atoms with Gasteiger partial charge in [0.05, 0.1) is 0 Å². The first kappa shape index (κ1) is 11.7. The Balaban J connectivity index is 2.31. The van der Waals surface area contributed by atoms with Crippen molar-refractivity contribution in [3.63, 3.8) is 0 Å². The number of aromatic nitrogens is 3. The van der Waals surface area contributed by atoms with Gasteiger partial charge in [-0.2, -0.15) is 0 Å². The molecular formula is C9H9ClN6S. The normalized spacial score (nSPS) is 10.4. The first-order chi connectivity index (χ1) is 8.02. The van der Waals surface area contributed by atoms with Crippen LogP contribution < -0.4 is 17.2 Å². The second-order valence-electron chi connectivity index (χ2n) is 3.16. The van der Waals surface area contributed by atoms with Crippen molar-refractivity contribution in [1.29, 1.82) is 0 Å². The highest BCUT2D eigenvalue weighted by atomic mass is 35.5. The van der Waals surface area contributed by atoms with E-state index in [0.29, 0.717) is 32.7 Å². The lowest BCUT2D eigenvalue weighted by Gasteiger charge is -2.03. The summed E-state index contributed by atoms with van der Waals surface area (Å²) in [7, 11) is 0. The molecule has 0 spiro atoms. The Morgan fingerprint density at radius 3 is 2.18 bits per heavy atom. The van der Waals surface area contributed by atoms with Gasteiger partial charge in [0.1, 0.15) is 21.8 Å². The number of nitrogens with two attached hydrogens (primary N) is 3. The van der Waals surface area contributed by atoms with Gasteiger partial charge in [-0.1, -0.05) is 11.6 Å². The maximum Gasteiger partial charge on any atom is 0.197 e. The molecular weight excluding hydrogens is 260 g/mol. The van der Waals surface area contributed by atoms with Crippen LogP contribution in [0.1, 0.15) is 0 Å². The largest absolute Gasteiger partial charge is 0.399 e. The van der Waals surface area contributed by atoms with E-state index in [9.17, 15) is 0 Å². The van der Waals surface area contributed by atoms with Gasteiger partial charge < -0.3 is 17.2 Å². The molecule has 0 amide bonds. The average Bonchev–Trinajstić information content (AvgIpc) is 2.13. The smallest absolute Gasteiger partial charge is 0.197 e. The highest BCUT2D eigenvalue weighted by molar-refractivity contribution is 7.99. The summed E-state index contributed by atoms with van der Waals surface area (Å²) in [5.74, 6) is 0.602. The van der Waals surface area contributed by atoms with E-state index in [2.05, 4.69) is 15.0 Å². The number of rotatable bonds is 2. The Bertz CT molecular complexity index is 471. The van der Waals surface area contributed by atoms with Crippen LogP contribution in [0.15, 0.2) is 28.4 Å². The zero-order chi connectivity index (χ0) is 12.4. The molecule has 2 heterocycles. The summed E-state index contributed by atoms with van der Waals surface area (Å²) in [6.07, 6.45) is 0. The zero-order valence-corrected chi connectivity index (χ0v) is 10.2. The summed E-state index contributed by atoms with van der Waals surface area (Å²) in [5, 5.41) is 1.29. The van der Waals surface area contributed by atoms with Crippen molar-refractivity contribution in [2.24, 2.45) is 0 Å². The van der Waals surface area contributed by atoms with Crippen LogP contribution in [0, 0.1) is 0 Å². The fraction of sp³-hybridized carbons (Fsp3) is 0. The van der Waals surface area contributed by atoms with E-state index < -0.39 is 0 Å². The number of hydrogen-bond acceptors (Lipinski definition) is 7. The molecule has 0 saturated carbocycles. The molecule has 0 aliphatic rings. The van der Waals surface area contributed by atoms with Crippen LogP contribution in [0.2, 0.25) is 5.15 Å². The summed E-state index contributed by atoms with van der Waals surface area (Å²) in [5.41, 5.74) is 17.3. The van der Waals surface area contributed by atoms with Gasteiger partial charge in [0.25, 0.3) is 0 Å². The lowest BCUT2D eigenvalue weighted by atomic mass is 10.4. The van der Waals surface area contributed by atoms with Gasteiger partial charge in [-0.15, -0.1) is 0 Å². The van der Waals surface area contributed by atoms with Gasteiger partial charge in [-0.05, 0) is 23.9 Å². The van der Waals surface area contributed by atoms with E-state index in [1.165, 1.54) is 17.8 Å². The van der Waals surface area contributed by atoms with Crippen LogP contribution in [0.3, 0.4) is 0 Å². The Morgan fingerprint density at radius 1 is 0.941 bits per heavy atom. The number of nitrogens with zero attached hydrogens (tertiary/aromatic N) is 3. The first-order valence-corrected chi connectivity index (χ1v) is 5.73. The van der Waals surface area contributed by atoms with Crippen molar-refractivity contribution in [3.8, 4) is 0 Å². The number of halogens is 1. The predicted molar refractivity (Wildman–Crippen MR) is 68.6 cm³/mol. The molecule has 0 fully saturated rings. The third kappa shape index (κ3) is 3.11. The van der Waals surface area contributed by atoms with Crippen molar-refractivity contribution in [3.05, 3.63) is 23.4 Å². The number of pyridine rings is 1. The second-order valence-corrected chi connectivity index (χ2v) is 4.54. The van der Waals surface area contributed by atoms with Gasteiger partial charge in [0.2, 0.25) is 0 Å². The quantitative estimate of drug-likeness (QED) is 0.557. The monoisotopic (exact) mass is 268 g/mol. The van der Waals surface area contributed by atoms with Crippen LogP contribution in [0.25, 0.3) is 0 Å². The van der Waals surface area contributed by atoms with Crippen LogP contribution in [0.5, 0.6) is 0 Å². The third-order valence-corrected chi connectivity index (χ3v) is 2.71. The van der Waals surface area contributed by atoms with E-state index in [1.807, 2.05) is 0 Å². The third-order valence-electron chi connectivity index (χ3n) is 1.73. The molecule has 17 heavy (non-hydrogen) atoms. The molecule has 0 aliphatic heterocycles. The molecule has 2 rings (SSSR count). The molecule has 88 valence electrons. The van der Waals surface area contributed by atoms with Crippen LogP contribution in [-0.4, -0.2) is 15.0 Å². The van der Waals surface area contributed by atoms with Crippen molar-refractivity contribution < 1.29 is 0 Å². The van der Waals surface area contributed by atoms with E-state index in [4.69, 9.17) is 28.8 Å². The molecule has 2 aromatic rings. The Hall–Kier alpha value is -1.73. The standard InChI is InChI=1S/C9H9ClN6S/c10-5-1-4(11)2-8(14-5)17-9-15-6(12)3-7(13)16-9/h1-3H,(H2,11,14)(H4,12,13,15,16). The van der Waals surface area contributed by atoms with Crippen LogP contribution in [-0.2, 0) is 0 Å². The minimum absolute atomic E-state index is 0.301. The summed E-state index contributed by atoms with van der Waals surface area (Å²) >= 11 is 6.97. The Morgan fingerprint density at radius 2 is 1.59 bits per heavy atom. The lowest BCUT2D eigenvalue weighted by Crippen LogP contribution is -1.99. The molecule has 0 atom stereocenters. The molecule has 6 nitrogen and oxygen atoms in total. The zero-order valence-electron chi connectivity index (χ0n) is 8.59. The fourth-order valence-corrected chi connectivity index (χ4v) is 2.24. The molecule has 0 unspecified atom stereocenters. The second kappa shape index (κ2) is 4.64. The summed E-state index contributed by atoms with van der Waals surface area (Å²) in [6, 6.07) is 4.70. The maximum absolute atomic E-state index is 5.78. The van der Waals surface area contributed by atoms with Crippen molar-refractivity contribution in [2.75, 3.05) is 17.2 Å². The minimum Gasteiger partial charge on any atom is -0.399 e. The summed E-state index contributed by atoms with van der Waals surface area (Å²) in [4.78, 5) is 12.1. The Kier molecular flexibility index (Phi) is 3.21. The SMILES string of the molecule is Nc1cc(Cl)nc(Sc2nc(N)cc(N)n2)c1. The van der Waals surface area contributed by atoms with Gasteiger partial charge in [0.15, 0.2) is 5.16 Å². The van der Waals surface area contributed by atoms with Gasteiger partial charge in [-0.3, -0.25) is 0 Å². The highest BCUT2D eigenvalue weighted by Crippen LogP contribution is 2.27. The van der Waals surface area contributed by atoms with Crippen molar-refractivity contribution in [2.45, 2.75) is 10.2 Å². The van der Waals surface area contributed by atoms with Crippen LogP contribution >= 0.6 is 23.4 Å². The van der Waals surface area contributed by atoms with Crippen LogP contribution in [0.4, 0.5) is 17.3 Å². The molecule has 0 saturated heterocycles. The topological polar surface area (TPSA) is 117 Å². The average molecular weight is 269 g/mol. The predicted octanol–water partition coefficient (Wildman–Crippen LogP) is 1.42. The van der Waals surface area contributed by atoms with E-state index in [0.717, 1.165) is 0 Å². The van der Waals surface area contributed by atoms with Gasteiger partial charge in [0, 0.05) is 11.8 Å². The van der Waals surface area contributed by atoms with E-state index >= 15 is 0 Å². The number of anilines is 3. The Labute approximate surface area is 107 Å². The van der Waals surface area contributed by atoms with Crippen molar-refractivity contribution >= 4 is 40.7 Å². The van der Waals surface area contributed by atoms with Gasteiger partial charge in [-0.25, -0.2) is 15.0 Å². The minimum atomic E-state index is 0.301. The summed E-state index contributed by atoms with van der Waals surface area (Å²) < 4.78 is 0. The highest BCUT2D eigenvalue weighted by Gasteiger charge is 2.06. The summed E-state index contributed by atoms with van der Waals surface area (Å²) in [6.45, 7) is 0. The van der Waals surface area contributed by atoms with Crippen molar-refractivity contribution in [1.82, 2.24) is 15.0 Å². The maximum atomic E-state index is 5.78. The lowest BCUT2D eigenvalue weighted by molar-refractivity contribution is 0.977. The molecule has 0 bridgehead atoms. The van der Waals surface area contributed by atoms with E-state index in [-0.39, 0.29) is 0 Å². The van der Waals surface area contributed by atoms with E-state index in [1.54, 1.807) is 12.1 Å². The molecule has 0 radical (unpaired) electrons. The molecule has 0 aliphatic carbocycles. The molecule has 8 heteroatoms. The van der Waals surface area contributed by atoms with Gasteiger partial charge >= 0.3 is 0 Å². The molecule has 2 aromatic heterocycles. The fourth-order valence-electron chi connectivity index (χ4n) is 1.14. The molecule has 0 aromatic carbocycles.